The highest BCUT2D eigenvalue weighted by Crippen LogP contribution is 2.40. The second-order valence-corrected chi connectivity index (χ2v) is 8.49. The van der Waals surface area contributed by atoms with Gasteiger partial charge < -0.3 is 10.1 Å². The minimum Gasteiger partial charge on any atom is -0.451 e. The lowest BCUT2D eigenvalue weighted by Crippen LogP contribution is -2.41. The van der Waals surface area contributed by atoms with Crippen LogP contribution in [0, 0.1) is 21.4 Å². The number of hydrogen-bond donors (Lipinski definition) is 1. The molecule has 1 N–H and O–H groups in total. The van der Waals surface area contributed by atoms with E-state index in [1.807, 2.05) is 0 Å². The summed E-state index contributed by atoms with van der Waals surface area (Å²) in [6.45, 7) is 6.44. The fourth-order valence-corrected chi connectivity index (χ4v) is 4.03. The molecule has 1 aliphatic carbocycles. The molecule has 2 rings (SSSR count). The van der Waals surface area contributed by atoms with Crippen molar-refractivity contribution < 1.29 is 19.2 Å². The maximum absolute atomic E-state index is 12.0. The van der Waals surface area contributed by atoms with Crippen LogP contribution in [0.15, 0.2) is 12.1 Å². The van der Waals surface area contributed by atoms with E-state index in [0.29, 0.717) is 11.3 Å². The molecule has 0 radical (unpaired) electrons. The maximum atomic E-state index is 12.0. The first-order valence-corrected chi connectivity index (χ1v) is 9.75. The molecule has 0 atom stereocenters. The Hall–Kier alpha value is -1.96. The normalized spacial score (nSPS) is 20.4. The van der Waals surface area contributed by atoms with Crippen molar-refractivity contribution >= 4 is 28.2 Å². The molecule has 0 saturated heterocycles. The summed E-state index contributed by atoms with van der Waals surface area (Å²) in [4.78, 5) is 34.0. The number of esters is 1. The molecule has 0 aromatic carbocycles. The molecule has 0 spiro atoms. The Morgan fingerprint density at radius 1 is 1.31 bits per heavy atom. The van der Waals surface area contributed by atoms with E-state index >= 15 is 0 Å². The molecule has 1 amide bonds. The highest BCUT2D eigenvalue weighted by molar-refractivity contribution is 7.17. The molecule has 0 bridgehead atoms. The van der Waals surface area contributed by atoms with Crippen molar-refractivity contribution in [1.29, 1.82) is 0 Å². The van der Waals surface area contributed by atoms with Gasteiger partial charge in [-0.25, -0.2) is 4.79 Å². The molecule has 0 aliphatic heterocycles. The Morgan fingerprint density at radius 2 is 1.96 bits per heavy atom. The van der Waals surface area contributed by atoms with Crippen LogP contribution >= 0.6 is 11.3 Å². The zero-order valence-corrected chi connectivity index (χ0v) is 16.3. The Labute approximate surface area is 157 Å². The molecule has 1 aliphatic rings. The summed E-state index contributed by atoms with van der Waals surface area (Å²) in [7, 11) is 0. The van der Waals surface area contributed by atoms with Crippen molar-refractivity contribution in [1.82, 2.24) is 5.32 Å². The molecule has 8 heteroatoms. The predicted molar refractivity (Wildman–Crippen MR) is 99.2 cm³/mol. The third kappa shape index (κ3) is 5.27. The number of amides is 1. The van der Waals surface area contributed by atoms with E-state index < -0.39 is 10.9 Å². The van der Waals surface area contributed by atoms with Crippen LogP contribution in [0.1, 0.15) is 62.5 Å². The lowest BCUT2D eigenvalue weighted by atomic mass is 9.69. The molecule has 1 fully saturated rings. The number of ether oxygens (including phenoxy) is 1. The fourth-order valence-electron chi connectivity index (χ4n) is 3.31. The van der Waals surface area contributed by atoms with Gasteiger partial charge in [-0.15, -0.1) is 0 Å². The molecule has 1 aromatic heterocycles. The summed E-state index contributed by atoms with van der Waals surface area (Å²) in [6.07, 6.45) is 5.19. The first-order chi connectivity index (χ1) is 12.2. The van der Waals surface area contributed by atoms with Crippen LogP contribution in [0.4, 0.5) is 5.00 Å². The highest BCUT2D eigenvalue weighted by atomic mass is 32.1. The first-order valence-electron chi connectivity index (χ1n) is 8.93. The third-order valence-electron chi connectivity index (χ3n) is 5.42. The van der Waals surface area contributed by atoms with E-state index in [0.717, 1.165) is 43.4 Å². The largest absolute Gasteiger partial charge is 0.451 e. The number of nitrogens with zero attached hydrogens (tertiary/aromatic N) is 1. The van der Waals surface area contributed by atoms with Gasteiger partial charge in [-0.3, -0.25) is 14.9 Å². The summed E-state index contributed by atoms with van der Waals surface area (Å²) < 4.78 is 4.95. The van der Waals surface area contributed by atoms with Gasteiger partial charge in [0.05, 0.1) is 4.92 Å². The maximum Gasteiger partial charge on any atom is 0.349 e. The highest BCUT2D eigenvalue weighted by Gasteiger charge is 2.32. The first kappa shape index (κ1) is 20.4. The van der Waals surface area contributed by atoms with Crippen molar-refractivity contribution in [2.75, 3.05) is 6.61 Å². The number of nitro groups is 1. The molecule has 26 heavy (non-hydrogen) atoms. The van der Waals surface area contributed by atoms with Crippen LogP contribution in [0.2, 0.25) is 0 Å². The van der Waals surface area contributed by atoms with Crippen LogP contribution < -0.4 is 5.32 Å². The molecule has 1 saturated carbocycles. The van der Waals surface area contributed by atoms with E-state index in [-0.39, 0.29) is 28.4 Å². The van der Waals surface area contributed by atoms with Crippen molar-refractivity contribution in [3.05, 3.63) is 27.1 Å². The summed E-state index contributed by atoms with van der Waals surface area (Å²) in [5.41, 5.74) is 0.327. The molecule has 1 heterocycles. The van der Waals surface area contributed by atoms with Gasteiger partial charge in [-0.2, -0.15) is 0 Å². The summed E-state index contributed by atoms with van der Waals surface area (Å²) in [6, 6.07) is 2.70. The quantitative estimate of drug-likeness (QED) is 0.438. The van der Waals surface area contributed by atoms with Crippen molar-refractivity contribution in [3.8, 4) is 0 Å². The van der Waals surface area contributed by atoms with Gasteiger partial charge in [-0.05, 0) is 43.1 Å². The smallest absolute Gasteiger partial charge is 0.349 e. The van der Waals surface area contributed by atoms with Gasteiger partial charge in [0.25, 0.3) is 5.91 Å². The van der Waals surface area contributed by atoms with E-state index in [9.17, 15) is 19.7 Å². The molecule has 1 aromatic rings. The van der Waals surface area contributed by atoms with Crippen LogP contribution in [0.3, 0.4) is 0 Å². The monoisotopic (exact) mass is 382 g/mol. The number of carbonyl (C=O) groups excluding carboxylic acids is 2. The van der Waals surface area contributed by atoms with Gasteiger partial charge in [0.15, 0.2) is 6.61 Å². The lowest BCUT2D eigenvalue weighted by Gasteiger charge is -2.39. The van der Waals surface area contributed by atoms with Gasteiger partial charge in [-0.1, -0.05) is 38.5 Å². The minimum absolute atomic E-state index is 0.117. The Balaban J connectivity index is 1.74. The minimum atomic E-state index is -0.716. The van der Waals surface area contributed by atoms with Crippen molar-refractivity contribution in [3.63, 3.8) is 0 Å². The number of carbonyl (C=O) groups is 2. The predicted octanol–water partition coefficient (Wildman–Crippen LogP) is 3.92. The van der Waals surface area contributed by atoms with E-state index in [1.165, 1.54) is 12.1 Å². The molecular weight excluding hydrogens is 356 g/mol. The van der Waals surface area contributed by atoms with Crippen molar-refractivity contribution in [2.45, 2.75) is 58.9 Å². The molecule has 0 unspecified atom stereocenters. The topological polar surface area (TPSA) is 98.5 Å². The van der Waals surface area contributed by atoms with Gasteiger partial charge in [0.2, 0.25) is 0 Å². The number of rotatable bonds is 7. The average molecular weight is 382 g/mol. The average Bonchev–Trinajstić information content (AvgIpc) is 3.10. The fraction of sp³-hybridized carbons (Fsp3) is 0.667. The van der Waals surface area contributed by atoms with E-state index in [2.05, 4.69) is 26.1 Å². The standard InChI is InChI=1S/C18H26N2O5S/c1-4-18(2,3)12-5-7-13(8-6-12)19-15(21)11-25-17(22)14-9-10-16(26-14)20(23)24/h9-10,12-13H,4-8,11H2,1-3H3,(H,19,21). The van der Waals surface area contributed by atoms with Crippen LogP contribution in [0.25, 0.3) is 0 Å². The summed E-state index contributed by atoms with van der Waals surface area (Å²) in [5.74, 6) is -0.373. The Bertz CT molecular complexity index is 662. The molecule has 7 nitrogen and oxygen atoms in total. The second-order valence-electron chi connectivity index (χ2n) is 7.43. The van der Waals surface area contributed by atoms with Crippen molar-refractivity contribution in [2.24, 2.45) is 11.3 Å². The number of thiophene rings is 1. The Morgan fingerprint density at radius 3 is 2.50 bits per heavy atom. The van der Waals surface area contributed by atoms with E-state index in [4.69, 9.17) is 4.74 Å². The van der Waals surface area contributed by atoms with Gasteiger partial charge >= 0.3 is 11.0 Å². The molecule has 144 valence electrons. The lowest BCUT2D eigenvalue weighted by molar-refractivity contribution is -0.380. The number of nitrogens with one attached hydrogen (secondary N) is 1. The number of hydrogen-bond acceptors (Lipinski definition) is 6. The molecular formula is C18H26N2O5S. The van der Waals surface area contributed by atoms with Gasteiger partial charge in [0, 0.05) is 12.1 Å². The summed E-state index contributed by atoms with van der Waals surface area (Å²) >= 11 is 0.736. The summed E-state index contributed by atoms with van der Waals surface area (Å²) in [5, 5.41) is 13.4. The third-order valence-corrected chi connectivity index (χ3v) is 6.43. The van der Waals surface area contributed by atoms with Crippen LogP contribution in [-0.4, -0.2) is 29.4 Å². The zero-order valence-electron chi connectivity index (χ0n) is 15.4. The van der Waals surface area contributed by atoms with Gasteiger partial charge in [0.1, 0.15) is 4.88 Å². The van der Waals surface area contributed by atoms with Crippen LogP contribution in [-0.2, 0) is 9.53 Å². The zero-order chi connectivity index (χ0) is 19.3. The second kappa shape index (κ2) is 8.62. The Kier molecular flexibility index (Phi) is 6.75. The SMILES string of the molecule is CCC(C)(C)C1CCC(NC(=O)COC(=O)c2ccc([N+](=O)[O-])s2)CC1. The van der Waals surface area contributed by atoms with E-state index in [1.54, 1.807) is 0 Å². The van der Waals surface area contributed by atoms with Crippen LogP contribution in [0.5, 0.6) is 0 Å².